The van der Waals surface area contributed by atoms with Crippen molar-refractivity contribution in [2.24, 2.45) is 0 Å². The zero-order valence-electron chi connectivity index (χ0n) is 11.6. The van der Waals surface area contributed by atoms with Crippen LogP contribution in [0, 0.1) is 0 Å². The van der Waals surface area contributed by atoms with Crippen LogP contribution < -0.4 is 10.6 Å². The van der Waals surface area contributed by atoms with E-state index in [-0.39, 0.29) is 24.4 Å². The van der Waals surface area contributed by atoms with E-state index in [0.29, 0.717) is 12.8 Å². The first-order valence-corrected chi connectivity index (χ1v) is 6.96. The van der Waals surface area contributed by atoms with Gasteiger partial charge in [-0.2, -0.15) is 0 Å². The van der Waals surface area contributed by atoms with Crippen molar-refractivity contribution in [1.82, 2.24) is 5.32 Å². The third kappa shape index (κ3) is 3.50. The van der Waals surface area contributed by atoms with E-state index in [1.165, 1.54) is 0 Å². The average molecular weight is 276 g/mol. The van der Waals surface area contributed by atoms with Crippen LogP contribution in [0.15, 0.2) is 24.3 Å². The van der Waals surface area contributed by atoms with Crippen LogP contribution in [-0.4, -0.2) is 29.1 Å². The van der Waals surface area contributed by atoms with E-state index < -0.39 is 5.97 Å². The number of amides is 1. The normalized spacial score (nSPS) is 17.9. The number of carboxylic acid groups (broad SMARTS) is 1. The van der Waals surface area contributed by atoms with Gasteiger partial charge in [0.25, 0.3) is 0 Å². The van der Waals surface area contributed by atoms with Crippen LogP contribution in [0.3, 0.4) is 0 Å². The predicted molar refractivity (Wildman–Crippen MR) is 76.6 cm³/mol. The van der Waals surface area contributed by atoms with Crippen molar-refractivity contribution < 1.29 is 14.7 Å². The standard InChI is InChI=1S/C15H20N2O3/c1-2-5-11(9-14(18)19)16-15(20)13-8-10-6-3-4-7-12(10)17-13/h3-4,6-7,11,13,17H,2,5,8-9H2,1H3,(H,16,20)(H,18,19)/t11?,13-/m0/s1. The Balaban J connectivity index is 1.93. The molecule has 1 aliphatic rings. The van der Waals surface area contributed by atoms with Gasteiger partial charge in [0, 0.05) is 18.2 Å². The lowest BCUT2D eigenvalue weighted by Gasteiger charge is -2.19. The van der Waals surface area contributed by atoms with Crippen LogP contribution in [-0.2, 0) is 16.0 Å². The number of anilines is 1. The molecule has 1 unspecified atom stereocenters. The van der Waals surface area contributed by atoms with Crippen LogP contribution in [0.1, 0.15) is 31.7 Å². The molecule has 5 heteroatoms. The van der Waals surface area contributed by atoms with E-state index in [1.54, 1.807) is 0 Å². The van der Waals surface area contributed by atoms with Gasteiger partial charge in [0.05, 0.1) is 6.42 Å². The number of fused-ring (bicyclic) bond motifs is 1. The first-order chi connectivity index (χ1) is 9.60. The summed E-state index contributed by atoms with van der Waals surface area (Å²) >= 11 is 0. The summed E-state index contributed by atoms with van der Waals surface area (Å²) in [6.07, 6.45) is 2.14. The fraction of sp³-hybridized carbons (Fsp3) is 0.467. The highest BCUT2D eigenvalue weighted by atomic mass is 16.4. The first kappa shape index (κ1) is 14.4. The van der Waals surface area contributed by atoms with Gasteiger partial charge in [-0.3, -0.25) is 9.59 Å². The van der Waals surface area contributed by atoms with Gasteiger partial charge in [-0.1, -0.05) is 31.5 Å². The SMILES string of the molecule is CCCC(CC(=O)O)NC(=O)[C@@H]1Cc2ccccc2N1. The topological polar surface area (TPSA) is 78.4 Å². The quantitative estimate of drug-likeness (QED) is 0.740. The lowest BCUT2D eigenvalue weighted by Crippen LogP contribution is -2.44. The second-order valence-corrected chi connectivity index (χ2v) is 5.15. The Kier molecular flexibility index (Phi) is 4.61. The maximum Gasteiger partial charge on any atom is 0.305 e. The average Bonchev–Trinajstić information content (AvgIpc) is 2.82. The number of carbonyl (C=O) groups is 2. The van der Waals surface area contributed by atoms with Gasteiger partial charge in [0.1, 0.15) is 6.04 Å². The van der Waals surface area contributed by atoms with Crippen LogP contribution in [0.5, 0.6) is 0 Å². The summed E-state index contributed by atoms with van der Waals surface area (Å²) in [5, 5.41) is 14.9. The van der Waals surface area contributed by atoms with Crippen LogP contribution in [0.2, 0.25) is 0 Å². The first-order valence-electron chi connectivity index (χ1n) is 6.96. The number of carbonyl (C=O) groups excluding carboxylic acids is 1. The second kappa shape index (κ2) is 6.41. The Bertz CT molecular complexity index is 477. The maximum atomic E-state index is 12.2. The van der Waals surface area contributed by atoms with Crippen molar-refractivity contribution in [2.45, 2.75) is 44.7 Å². The maximum absolute atomic E-state index is 12.2. The number of rotatable bonds is 6. The van der Waals surface area contributed by atoms with Gasteiger partial charge in [0.2, 0.25) is 5.91 Å². The molecule has 3 N–H and O–H groups in total. The molecule has 2 atom stereocenters. The summed E-state index contributed by atoms with van der Waals surface area (Å²) in [5.74, 6) is -1.01. The second-order valence-electron chi connectivity index (χ2n) is 5.15. The van der Waals surface area contributed by atoms with Gasteiger partial charge in [-0.25, -0.2) is 0 Å². The summed E-state index contributed by atoms with van der Waals surface area (Å²) in [4.78, 5) is 23.0. The third-order valence-corrected chi connectivity index (χ3v) is 3.49. The van der Waals surface area contributed by atoms with E-state index in [2.05, 4.69) is 10.6 Å². The number of para-hydroxylation sites is 1. The minimum atomic E-state index is -0.883. The molecule has 1 heterocycles. The van der Waals surface area contributed by atoms with E-state index >= 15 is 0 Å². The molecule has 1 aromatic carbocycles. The van der Waals surface area contributed by atoms with Crippen molar-refractivity contribution in [3.63, 3.8) is 0 Å². The van der Waals surface area contributed by atoms with Crippen molar-refractivity contribution in [3.8, 4) is 0 Å². The Morgan fingerprint density at radius 1 is 1.45 bits per heavy atom. The number of nitrogens with one attached hydrogen (secondary N) is 2. The van der Waals surface area contributed by atoms with E-state index in [9.17, 15) is 9.59 Å². The molecular formula is C15H20N2O3. The highest BCUT2D eigenvalue weighted by Crippen LogP contribution is 2.25. The van der Waals surface area contributed by atoms with Gasteiger partial charge in [0.15, 0.2) is 0 Å². The zero-order chi connectivity index (χ0) is 14.5. The van der Waals surface area contributed by atoms with E-state index in [0.717, 1.165) is 17.7 Å². The smallest absolute Gasteiger partial charge is 0.305 e. The highest BCUT2D eigenvalue weighted by molar-refractivity contribution is 5.87. The molecule has 1 amide bonds. The fourth-order valence-electron chi connectivity index (χ4n) is 2.54. The highest BCUT2D eigenvalue weighted by Gasteiger charge is 2.28. The molecule has 0 aromatic heterocycles. The van der Waals surface area contributed by atoms with Crippen LogP contribution in [0.25, 0.3) is 0 Å². The largest absolute Gasteiger partial charge is 0.481 e. The summed E-state index contributed by atoms with van der Waals surface area (Å²) in [6, 6.07) is 7.22. The number of aliphatic carboxylic acids is 1. The molecule has 0 saturated carbocycles. The lowest BCUT2D eigenvalue weighted by atomic mass is 10.1. The summed E-state index contributed by atoms with van der Waals surface area (Å²) in [7, 11) is 0. The molecule has 0 bridgehead atoms. The monoisotopic (exact) mass is 276 g/mol. The zero-order valence-corrected chi connectivity index (χ0v) is 11.6. The van der Waals surface area contributed by atoms with E-state index in [4.69, 9.17) is 5.11 Å². The molecule has 0 aliphatic carbocycles. The molecule has 0 radical (unpaired) electrons. The van der Waals surface area contributed by atoms with Gasteiger partial charge >= 0.3 is 5.97 Å². The minimum absolute atomic E-state index is 0.0285. The predicted octanol–water partition coefficient (Wildman–Crippen LogP) is 1.78. The van der Waals surface area contributed by atoms with Crippen LogP contribution >= 0.6 is 0 Å². The van der Waals surface area contributed by atoms with Crippen molar-refractivity contribution >= 4 is 17.6 Å². The molecule has 5 nitrogen and oxygen atoms in total. The summed E-state index contributed by atoms with van der Waals surface area (Å²) in [6.45, 7) is 1.98. The molecular weight excluding hydrogens is 256 g/mol. The Morgan fingerprint density at radius 3 is 2.85 bits per heavy atom. The fourth-order valence-corrected chi connectivity index (χ4v) is 2.54. The molecule has 0 fully saturated rings. The number of hydrogen-bond acceptors (Lipinski definition) is 3. The lowest BCUT2D eigenvalue weighted by molar-refractivity contribution is -0.137. The molecule has 0 saturated heterocycles. The number of benzene rings is 1. The van der Waals surface area contributed by atoms with Gasteiger partial charge in [-0.15, -0.1) is 0 Å². The molecule has 1 aromatic rings. The van der Waals surface area contributed by atoms with E-state index in [1.807, 2.05) is 31.2 Å². The van der Waals surface area contributed by atoms with Gasteiger partial charge in [-0.05, 0) is 18.1 Å². The Labute approximate surface area is 118 Å². The van der Waals surface area contributed by atoms with Crippen molar-refractivity contribution in [1.29, 1.82) is 0 Å². The minimum Gasteiger partial charge on any atom is -0.481 e. The molecule has 0 spiro atoms. The van der Waals surface area contributed by atoms with Crippen molar-refractivity contribution in [3.05, 3.63) is 29.8 Å². The molecule has 20 heavy (non-hydrogen) atoms. The number of hydrogen-bond donors (Lipinski definition) is 3. The Morgan fingerprint density at radius 2 is 2.20 bits per heavy atom. The Hall–Kier alpha value is -2.04. The molecule has 108 valence electrons. The van der Waals surface area contributed by atoms with Gasteiger partial charge < -0.3 is 15.7 Å². The number of carboxylic acids is 1. The van der Waals surface area contributed by atoms with Crippen molar-refractivity contribution in [2.75, 3.05) is 5.32 Å². The third-order valence-electron chi connectivity index (χ3n) is 3.49. The summed E-state index contributed by atoms with van der Waals surface area (Å²) < 4.78 is 0. The summed E-state index contributed by atoms with van der Waals surface area (Å²) in [5.41, 5.74) is 2.11. The molecule has 1 aliphatic heterocycles. The molecule has 2 rings (SSSR count). The van der Waals surface area contributed by atoms with Crippen LogP contribution in [0.4, 0.5) is 5.69 Å².